The number of benzene rings is 2. The maximum absolute atomic E-state index is 13.2. The Balaban J connectivity index is 0.00000338. The van der Waals surface area contributed by atoms with Gasteiger partial charge in [0.25, 0.3) is 5.91 Å². The molecule has 0 aliphatic heterocycles. The highest BCUT2D eigenvalue weighted by molar-refractivity contribution is 5.94. The summed E-state index contributed by atoms with van der Waals surface area (Å²) >= 11 is 0. The van der Waals surface area contributed by atoms with Crippen molar-refractivity contribution >= 4 is 18.3 Å². The van der Waals surface area contributed by atoms with Crippen LogP contribution in [0.15, 0.2) is 42.5 Å². The number of rotatable bonds is 6. The number of carbonyl (C=O) groups excluding carboxylic acids is 1. The minimum atomic E-state index is -0.978. The van der Waals surface area contributed by atoms with Gasteiger partial charge in [0.2, 0.25) is 0 Å². The van der Waals surface area contributed by atoms with E-state index in [2.05, 4.69) is 0 Å². The first-order valence-corrected chi connectivity index (χ1v) is 7.90. The van der Waals surface area contributed by atoms with Gasteiger partial charge in [0.15, 0.2) is 11.6 Å². The fraction of sp³-hybridized carbons (Fsp3) is 0.316. The van der Waals surface area contributed by atoms with Crippen LogP contribution in [0.25, 0.3) is 0 Å². The molecule has 142 valence electrons. The van der Waals surface area contributed by atoms with Gasteiger partial charge in [0.1, 0.15) is 11.5 Å². The number of carbonyl (C=O) groups is 1. The Morgan fingerprint density at radius 2 is 1.65 bits per heavy atom. The van der Waals surface area contributed by atoms with Crippen molar-refractivity contribution in [3.05, 3.63) is 59.7 Å². The predicted molar refractivity (Wildman–Crippen MR) is 99.9 cm³/mol. The summed E-state index contributed by atoms with van der Waals surface area (Å²) in [6.45, 7) is 5.01. The van der Waals surface area contributed by atoms with Crippen LogP contribution in [0.5, 0.6) is 11.5 Å². The fourth-order valence-electron chi connectivity index (χ4n) is 2.34. The topological polar surface area (TPSA) is 55.6 Å². The molecule has 0 fully saturated rings. The van der Waals surface area contributed by atoms with E-state index in [-0.39, 0.29) is 29.5 Å². The van der Waals surface area contributed by atoms with Gasteiger partial charge in [0, 0.05) is 25.2 Å². The molecular weight excluding hydrogens is 362 g/mol. The third-order valence-corrected chi connectivity index (χ3v) is 3.79. The number of ether oxygens (including phenoxy) is 1. The summed E-state index contributed by atoms with van der Waals surface area (Å²) < 4.78 is 31.6. The number of nitrogens with zero attached hydrogens (tertiary/aromatic N) is 1. The molecule has 0 heterocycles. The summed E-state index contributed by atoms with van der Waals surface area (Å²) in [5, 5.41) is 0. The van der Waals surface area contributed by atoms with E-state index in [1.165, 1.54) is 6.07 Å². The maximum atomic E-state index is 13.2. The van der Waals surface area contributed by atoms with E-state index in [9.17, 15) is 13.6 Å². The van der Waals surface area contributed by atoms with Crippen LogP contribution in [0.2, 0.25) is 0 Å². The highest BCUT2D eigenvalue weighted by atomic mass is 35.5. The van der Waals surface area contributed by atoms with Crippen LogP contribution in [0.1, 0.15) is 24.2 Å². The van der Waals surface area contributed by atoms with E-state index in [0.717, 1.165) is 12.1 Å². The highest BCUT2D eigenvalue weighted by Crippen LogP contribution is 2.24. The molecule has 2 rings (SSSR count). The molecule has 0 saturated carbocycles. The smallest absolute Gasteiger partial charge is 0.253 e. The van der Waals surface area contributed by atoms with Crippen LogP contribution in [-0.4, -0.2) is 30.9 Å². The first kappa shape index (κ1) is 21.9. The summed E-state index contributed by atoms with van der Waals surface area (Å²) in [7, 11) is 1.73. The normalized spacial score (nSPS) is 10.8. The Morgan fingerprint density at radius 3 is 2.19 bits per heavy atom. The zero-order valence-electron chi connectivity index (χ0n) is 15.0. The van der Waals surface area contributed by atoms with Gasteiger partial charge >= 0.3 is 0 Å². The van der Waals surface area contributed by atoms with E-state index in [0.29, 0.717) is 24.4 Å². The summed E-state index contributed by atoms with van der Waals surface area (Å²) in [6, 6.07) is 9.77. The molecule has 26 heavy (non-hydrogen) atoms. The van der Waals surface area contributed by atoms with Gasteiger partial charge in [-0.25, -0.2) is 8.78 Å². The van der Waals surface area contributed by atoms with Gasteiger partial charge in [-0.1, -0.05) is 13.8 Å². The molecule has 4 nitrogen and oxygen atoms in total. The van der Waals surface area contributed by atoms with Crippen LogP contribution in [0, 0.1) is 17.0 Å². The van der Waals surface area contributed by atoms with Gasteiger partial charge in [-0.15, -0.1) is 12.4 Å². The van der Waals surface area contributed by atoms with Crippen LogP contribution in [-0.2, 0) is 0 Å². The Bertz CT molecular complexity index is 752. The Hall–Kier alpha value is -2.18. The van der Waals surface area contributed by atoms with Crippen molar-refractivity contribution < 1.29 is 18.3 Å². The standard InChI is InChI=1S/C19H22F2N2O2.ClH/c1-19(2,11-22)12-23(3)18(24)13-4-6-14(7-5-13)25-15-8-9-16(20)17(21)10-15;/h4-10H,11-12,22H2,1-3H3;1H. The molecule has 2 N–H and O–H groups in total. The molecule has 0 spiro atoms. The third kappa shape index (κ3) is 5.68. The molecule has 7 heteroatoms. The van der Waals surface area contributed by atoms with Gasteiger partial charge in [-0.3, -0.25) is 4.79 Å². The monoisotopic (exact) mass is 384 g/mol. The largest absolute Gasteiger partial charge is 0.457 e. The molecule has 1 amide bonds. The van der Waals surface area contributed by atoms with Crippen molar-refractivity contribution in [2.75, 3.05) is 20.1 Å². The first-order valence-electron chi connectivity index (χ1n) is 7.90. The number of amides is 1. The van der Waals surface area contributed by atoms with Crippen molar-refractivity contribution in [2.45, 2.75) is 13.8 Å². The summed E-state index contributed by atoms with van der Waals surface area (Å²) in [5.74, 6) is -1.43. The van der Waals surface area contributed by atoms with E-state index < -0.39 is 11.6 Å². The van der Waals surface area contributed by atoms with Crippen molar-refractivity contribution in [3.63, 3.8) is 0 Å². The zero-order valence-corrected chi connectivity index (χ0v) is 15.8. The molecule has 0 radical (unpaired) electrons. The SMILES string of the molecule is CN(CC(C)(C)CN)C(=O)c1ccc(Oc2ccc(F)c(F)c2)cc1.Cl. The average molecular weight is 385 g/mol. The van der Waals surface area contributed by atoms with Crippen molar-refractivity contribution in [3.8, 4) is 11.5 Å². The molecule has 0 aliphatic carbocycles. The average Bonchev–Trinajstić information content (AvgIpc) is 2.58. The van der Waals surface area contributed by atoms with Crippen molar-refractivity contribution in [1.82, 2.24) is 4.90 Å². The molecule has 0 saturated heterocycles. The zero-order chi connectivity index (χ0) is 18.6. The second-order valence-electron chi connectivity index (χ2n) is 6.73. The van der Waals surface area contributed by atoms with Crippen LogP contribution < -0.4 is 10.5 Å². The number of hydrogen-bond acceptors (Lipinski definition) is 3. The molecule has 0 atom stereocenters. The van der Waals surface area contributed by atoms with Crippen LogP contribution in [0.4, 0.5) is 8.78 Å². The lowest BCUT2D eigenvalue weighted by Crippen LogP contribution is -2.39. The van der Waals surface area contributed by atoms with Crippen LogP contribution >= 0.6 is 12.4 Å². The van der Waals surface area contributed by atoms with E-state index in [4.69, 9.17) is 10.5 Å². The summed E-state index contributed by atoms with van der Waals surface area (Å²) in [5.41, 5.74) is 6.04. The number of halogens is 3. The minimum Gasteiger partial charge on any atom is -0.457 e. The highest BCUT2D eigenvalue weighted by Gasteiger charge is 2.21. The van der Waals surface area contributed by atoms with E-state index in [1.807, 2.05) is 13.8 Å². The minimum absolute atomic E-state index is 0. The fourth-order valence-corrected chi connectivity index (χ4v) is 2.34. The lowest BCUT2D eigenvalue weighted by Gasteiger charge is -2.29. The number of nitrogens with two attached hydrogens (primary N) is 1. The Morgan fingerprint density at radius 1 is 1.08 bits per heavy atom. The summed E-state index contributed by atoms with van der Waals surface area (Å²) in [4.78, 5) is 14.1. The van der Waals surface area contributed by atoms with Crippen molar-refractivity contribution in [1.29, 1.82) is 0 Å². The van der Waals surface area contributed by atoms with Gasteiger partial charge in [0.05, 0.1) is 0 Å². The molecule has 0 aromatic heterocycles. The van der Waals surface area contributed by atoms with E-state index in [1.54, 1.807) is 36.2 Å². The number of hydrogen-bond donors (Lipinski definition) is 1. The van der Waals surface area contributed by atoms with Gasteiger partial charge in [-0.2, -0.15) is 0 Å². The first-order chi connectivity index (χ1) is 11.7. The molecule has 0 aliphatic rings. The van der Waals surface area contributed by atoms with E-state index >= 15 is 0 Å². The second kappa shape index (κ2) is 8.96. The maximum Gasteiger partial charge on any atom is 0.253 e. The Kier molecular flexibility index (Phi) is 7.54. The lowest BCUT2D eigenvalue weighted by molar-refractivity contribution is 0.0740. The second-order valence-corrected chi connectivity index (χ2v) is 6.73. The third-order valence-electron chi connectivity index (χ3n) is 3.79. The summed E-state index contributed by atoms with van der Waals surface area (Å²) in [6.07, 6.45) is 0. The quantitative estimate of drug-likeness (QED) is 0.810. The van der Waals surface area contributed by atoms with Crippen LogP contribution in [0.3, 0.4) is 0 Å². The lowest BCUT2D eigenvalue weighted by atomic mass is 9.93. The molecule has 2 aromatic carbocycles. The van der Waals surface area contributed by atoms with Gasteiger partial charge < -0.3 is 15.4 Å². The predicted octanol–water partition coefficient (Wildman–Crippen LogP) is 4.24. The van der Waals surface area contributed by atoms with Gasteiger partial charge in [-0.05, 0) is 48.4 Å². The molecule has 0 unspecified atom stereocenters. The molecular formula is C19H23ClF2N2O2. The van der Waals surface area contributed by atoms with Crippen molar-refractivity contribution in [2.24, 2.45) is 11.1 Å². The Labute approximate surface area is 158 Å². The molecule has 0 bridgehead atoms. The molecule has 2 aromatic rings.